The van der Waals surface area contributed by atoms with Crippen LogP contribution >= 0.6 is 0 Å². The third-order valence-electron chi connectivity index (χ3n) is 5.48. The molecule has 0 atom stereocenters. The molecule has 0 fully saturated rings. The summed E-state index contributed by atoms with van der Waals surface area (Å²) in [4.78, 5) is 19.6. The van der Waals surface area contributed by atoms with Gasteiger partial charge in [0.2, 0.25) is 11.7 Å². The number of carbonyl (C=O) groups is 1. The highest BCUT2D eigenvalue weighted by Crippen LogP contribution is 2.28. The Bertz CT molecular complexity index is 1210. The maximum Gasteiger partial charge on any atom is 0.254 e. The SMILES string of the molecule is COc1cc(OC)cc(-c2noc(CCN(Cc3ccccc3)C(=O)c3ccc(C)cc3)n2)c1. The number of aromatic nitrogens is 2. The summed E-state index contributed by atoms with van der Waals surface area (Å²) in [5.74, 6) is 2.12. The van der Waals surface area contributed by atoms with Gasteiger partial charge in [-0.15, -0.1) is 0 Å². The lowest BCUT2D eigenvalue weighted by atomic mass is 10.1. The quantitative estimate of drug-likeness (QED) is 0.354. The minimum Gasteiger partial charge on any atom is -0.497 e. The van der Waals surface area contributed by atoms with Gasteiger partial charge < -0.3 is 18.9 Å². The molecule has 0 aliphatic carbocycles. The van der Waals surface area contributed by atoms with Gasteiger partial charge in [0.05, 0.1) is 14.2 Å². The monoisotopic (exact) mass is 457 g/mol. The smallest absolute Gasteiger partial charge is 0.254 e. The second-order valence-corrected chi connectivity index (χ2v) is 7.94. The van der Waals surface area contributed by atoms with Crippen LogP contribution in [0.4, 0.5) is 0 Å². The first-order valence-electron chi connectivity index (χ1n) is 11.0. The van der Waals surface area contributed by atoms with Crippen molar-refractivity contribution in [3.63, 3.8) is 0 Å². The second kappa shape index (κ2) is 10.7. The molecule has 1 aromatic heterocycles. The summed E-state index contributed by atoms with van der Waals surface area (Å²) in [6.07, 6.45) is 0.429. The Hall–Kier alpha value is -4.13. The van der Waals surface area contributed by atoms with E-state index in [1.807, 2.05) is 73.7 Å². The molecule has 0 unspecified atom stereocenters. The number of hydrogen-bond donors (Lipinski definition) is 0. The molecule has 4 aromatic rings. The van der Waals surface area contributed by atoms with Crippen molar-refractivity contribution in [2.45, 2.75) is 19.9 Å². The number of carbonyl (C=O) groups excluding carboxylic acids is 1. The van der Waals surface area contributed by atoms with E-state index in [0.717, 1.165) is 16.7 Å². The Morgan fingerprint density at radius 1 is 0.941 bits per heavy atom. The first-order chi connectivity index (χ1) is 16.6. The molecule has 3 aromatic carbocycles. The molecular formula is C27H27N3O4. The minimum absolute atomic E-state index is 0.0406. The van der Waals surface area contributed by atoms with Crippen molar-refractivity contribution >= 4 is 5.91 Å². The van der Waals surface area contributed by atoms with Crippen LogP contribution in [0.1, 0.15) is 27.4 Å². The van der Waals surface area contributed by atoms with Gasteiger partial charge in [-0.3, -0.25) is 4.79 Å². The zero-order chi connectivity index (χ0) is 23.9. The second-order valence-electron chi connectivity index (χ2n) is 7.94. The van der Waals surface area contributed by atoms with Crippen LogP contribution in [0.15, 0.2) is 77.3 Å². The zero-order valence-electron chi connectivity index (χ0n) is 19.5. The number of amides is 1. The van der Waals surface area contributed by atoms with Crippen LogP contribution < -0.4 is 9.47 Å². The van der Waals surface area contributed by atoms with E-state index in [1.165, 1.54) is 0 Å². The van der Waals surface area contributed by atoms with Crippen LogP contribution in [0.5, 0.6) is 11.5 Å². The predicted octanol–water partition coefficient (Wildman–Crippen LogP) is 4.95. The Balaban J connectivity index is 1.52. The lowest BCUT2D eigenvalue weighted by Crippen LogP contribution is -2.32. The summed E-state index contributed by atoms with van der Waals surface area (Å²) >= 11 is 0. The molecule has 34 heavy (non-hydrogen) atoms. The largest absolute Gasteiger partial charge is 0.497 e. The molecule has 0 radical (unpaired) electrons. The van der Waals surface area contributed by atoms with Gasteiger partial charge in [0.25, 0.3) is 5.91 Å². The highest BCUT2D eigenvalue weighted by atomic mass is 16.5. The van der Waals surface area contributed by atoms with Crippen LogP contribution in [0.3, 0.4) is 0 Å². The minimum atomic E-state index is -0.0406. The molecule has 0 saturated heterocycles. The number of ether oxygens (including phenoxy) is 2. The fourth-order valence-corrected chi connectivity index (χ4v) is 3.58. The van der Waals surface area contributed by atoms with E-state index in [0.29, 0.717) is 48.3 Å². The highest BCUT2D eigenvalue weighted by molar-refractivity contribution is 5.94. The fourth-order valence-electron chi connectivity index (χ4n) is 3.58. The van der Waals surface area contributed by atoms with E-state index >= 15 is 0 Å². The predicted molar refractivity (Wildman–Crippen MR) is 129 cm³/mol. The average Bonchev–Trinajstić information content (AvgIpc) is 3.36. The van der Waals surface area contributed by atoms with Crippen LogP contribution in [-0.2, 0) is 13.0 Å². The van der Waals surface area contributed by atoms with Crippen molar-refractivity contribution < 1.29 is 18.8 Å². The molecule has 4 rings (SSSR count). The zero-order valence-corrected chi connectivity index (χ0v) is 19.5. The Morgan fingerprint density at radius 2 is 1.62 bits per heavy atom. The summed E-state index contributed by atoms with van der Waals surface area (Å²) in [5, 5.41) is 4.11. The first-order valence-corrected chi connectivity index (χ1v) is 11.0. The van der Waals surface area contributed by atoms with Crippen molar-refractivity contribution in [1.82, 2.24) is 15.0 Å². The molecule has 0 aliphatic heterocycles. The molecular weight excluding hydrogens is 430 g/mol. The highest BCUT2D eigenvalue weighted by Gasteiger charge is 2.18. The van der Waals surface area contributed by atoms with Gasteiger partial charge in [-0.2, -0.15) is 4.98 Å². The van der Waals surface area contributed by atoms with E-state index in [1.54, 1.807) is 25.2 Å². The standard InChI is InChI=1S/C27H27N3O4/c1-19-9-11-21(12-10-19)27(31)30(18-20-7-5-4-6-8-20)14-13-25-28-26(29-34-25)22-15-23(32-2)17-24(16-22)33-3/h4-12,15-17H,13-14,18H2,1-3H3. The van der Waals surface area contributed by atoms with Crippen molar-refractivity contribution in [1.29, 1.82) is 0 Å². The van der Waals surface area contributed by atoms with E-state index in [4.69, 9.17) is 14.0 Å². The van der Waals surface area contributed by atoms with Crippen molar-refractivity contribution in [2.24, 2.45) is 0 Å². The van der Waals surface area contributed by atoms with Crippen molar-refractivity contribution in [3.05, 3.63) is 95.4 Å². The first kappa shape index (κ1) is 23.0. The van der Waals surface area contributed by atoms with Gasteiger partial charge >= 0.3 is 0 Å². The number of rotatable bonds is 9. The molecule has 0 N–H and O–H groups in total. The van der Waals surface area contributed by atoms with Crippen LogP contribution in [-0.4, -0.2) is 41.7 Å². The van der Waals surface area contributed by atoms with Gasteiger partial charge in [-0.1, -0.05) is 53.2 Å². The normalized spacial score (nSPS) is 10.7. The van der Waals surface area contributed by atoms with Crippen LogP contribution in [0, 0.1) is 6.92 Å². The van der Waals surface area contributed by atoms with Crippen LogP contribution in [0.2, 0.25) is 0 Å². The van der Waals surface area contributed by atoms with Crippen molar-refractivity contribution in [2.75, 3.05) is 20.8 Å². The maximum atomic E-state index is 13.3. The lowest BCUT2D eigenvalue weighted by molar-refractivity contribution is 0.0741. The maximum absolute atomic E-state index is 13.3. The summed E-state index contributed by atoms with van der Waals surface area (Å²) in [6, 6.07) is 22.9. The van der Waals surface area contributed by atoms with Gasteiger partial charge in [0.15, 0.2) is 0 Å². The Kier molecular flexibility index (Phi) is 7.22. The number of hydrogen-bond acceptors (Lipinski definition) is 6. The number of methoxy groups -OCH3 is 2. The summed E-state index contributed by atoms with van der Waals surface area (Å²) in [6.45, 7) is 2.92. The Labute approximate surface area is 198 Å². The lowest BCUT2D eigenvalue weighted by Gasteiger charge is -2.22. The molecule has 0 saturated carbocycles. The van der Waals surface area contributed by atoms with Gasteiger partial charge in [-0.05, 0) is 36.8 Å². The van der Waals surface area contributed by atoms with E-state index in [2.05, 4.69) is 10.1 Å². The Morgan fingerprint density at radius 3 is 2.26 bits per heavy atom. The summed E-state index contributed by atoms with van der Waals surface area (Å²) in [5.41, 5.74) is 3.54. The molecule has 1 heterocycles. The average molecular weight is 458 g/mol. The van der Waals surface area contributed by atoms with E-state index in [-0.39, 0.29) is 5.91 Å². The van der Waals surface area contributed by atoms with Gasteiger partial charge in [-0.25, -0.2) is 0 Å². The molecule has 0 bridgehead atoms. The van der Waals surface area contributed by atoms with E-state index < -0.39 is 0 Å². The number of benzene rings is 3. The van der Waals surface area contributed by atoms with Crippen molar-refractivity contribution in [3.8, 4) is 22.9 Å². The molecule has 174 valence electrons. The third kappa shape index (κ3) is 5.61. The molecule has 0 aliphatic rings. The number of aryl methyl sites for hydroxylation is 1. The third-order valence-corrected chi connectivity index (χ3v) is 5.48. The summed E-state index contributed by atoms with van der Waals surface area (Å²) < 4.78 is 16.1. The van der Waals surface area contributed by atoms with Crippen LogP contribution in [0.25, 0.3) is 11.4 Å². The molecule has 7 heteroatoms. The van der Waals surface area contributed by atoms with Gasteiger partial charge in [0, 0.05) is 36.7 Å². The topological polar surface area (TPSA) is 77.7 Å². The van der Waals surface area contributed by atoms with E-state index in [9.17, 15) is 4.79 Å². The molecule has 1 amide bonds. The molecule has 0 spiro atoms. The fraction of sp³-hybridized carbons (Fsp3) is 0.222. The van der Waals surface area contributed by atoms with Gasteiger partial charge in [0.1, 0.15) is 11.5 Å². The summed E-state index contributed by atoms with van der Waals surface area (Å²) in [7, 11) is 3.18. The molecule has 7 nitrogen and oxygen atoms in total. The number of nitrogens with zero attached hydrogens (tertiary/aromatic N) is 3.